The minimum Gasteiger partial charge on any atom is -0.486 e. The van der Waals surface area contributed by atoms with Gasteiger partial charge in [-0.3, -0.25) is 0 Å². The summed E-state index contributed by atoms with van der Waals surface area (Å²) in [6.07, 6.45) is 12.9. The van der Waals surface area contributed by atoms with Crippen molar-refractivity contribution in [1.29, 1.82) is 0 Å². The molecule has 30 heavy (non-hydrogen) atoms. The summed E-state index contributed by atoms with van der Waals surface area (Å²) in [4.78, 5) is 0. The van der Waals surface area contributed by atoms with Gasteiger partial charge in [0.2, 0.25) is 0 Å². The molecule has 0 aliphatic heterocycles. The van der Waals surface area contributed by atoms with Gasteiger partial charge in [0, 0.05) is 5.39 Å². The van der Waals surface area contributed by atoms with E-state index in [1.807, 2.05) is 12.1 Å². The number of benzene rings is 2. The normalized spacial score (nSPS) is 26.4. The molecule has 0 N–H and O–H groups in total. The third kappa shape index (κ3) is 4.40. The second-order valence-corrected chi connectivity index (χ2v) is 9.42. The molecule has 2 saturated carbocycles. The lowest BCUT2D eigenvalue weighted by molar-refractivity contribution is 0.112. The van der Waals surface area contributed by atoms with E-state index in [0.717, 1.165) is 41.5 Å². The van der Waals surface area contributed by atoms with Crippen LogP contribution in [0.1, 0.15) is 76.2 Å². The standard InChI is InChI=1S/C27H34F2O/c1-3-5-6-18-7-8-20-15-21(10-9-19(20)14-18)23-16-22-11-12-26(30-13-4-2)27(29)24(22)17-25(23)28/h4,11-12,16-21H,2-3,5-10,13-15H2,1H3/t18?,19-,20?,21-/m1/s1. The Bertz CT molecular complexity index is 890. The third-order valence-corrected chi connectivity index (χ3v) is 7.52. The number of halogens is 2. The van der Waals surface area contributed by atoms with Crippen LogP contribution < -0.4 is 4.74 Å². The highest BCUT2D eigenvalue weighted by Gasteiger charge is 2.36. The summed E-state index contributed by atoms with van der Waals surface area (Å²) in [6.45, 7) is 6.09. The zero-order valence-corrected chi connectivity index (χ0v) is 18.1. The Morgan fingerprint density at radius 1 is 1.07 bits per heavy atom. The Kier molecular flexibility index (Phi) is 6.75. The maximum absolute atomic E-state index is 15.1. The molecule has 2 unspecified atom stereocenters. The van der Waals surface area contributed by atoms with Crippen molar-refractivity contribution in [2.24, 2.45) is 17.8 Å². The van der Waals surface area contributed by atoms with Gasteiger partial charge < -0.3 is 4.74 Å². The maximum atomic E-state index is 15.1. The summed E-state index contributed by atoms with van der Waals surface area (Å²) in [5.41, 5.74) is 0.771. The Hall–Kier alpha value is -1.90. The van der Waals surface area contributed by atoms with Gasteiger partial charge >= 0.3 is 0 Å². The van der Waals surface area contributed by atoms with Crippen LogP contribution in [0.4, 0.5) is 8.78 Å². The molecule has 1 nitrogen and oxygen atoms in total. The maximum Gasteiger partial charge on any atom is 0.172 e. The second-order valence-electron chi connectivity index (χ2n) is 9.42. The zero-order valence-electron chi connectivity index (χ0n) is 18.1. The molecule has 2 aliphatic carbocycles. The van der Waals surface area contributed by atoms with Crippen molar-refractivity contribution in [2.75, 3.05) is 6.61 Å². The molecule has 2 fully saturated rings. The predicted molar refractivity (Wildman–Crippen MR) is 120 cm³/mol. The molecule has 0 radical (unpaired) electrons. The fraction of sp³-hybridized carbons (Fsp3) is 0.556. The predicted octanol–water partition coefficient (Wildman–Crippen LogP) is 8.17. The van der Waals surface area contributed by atoms with E-state index < -0.39 is 5.82 Å². The van der Waals surface area contributed by atoms with Gasteiger partial charge in [0.1, 0.15) is 12.4 Å². The summed E-state index contributed by atoms with van der Waals surface area (Å²) in [5.74, 6) is 2.08. The molecule has 4 atom stereocenters. The second kappa shape index (κ2) is 9.49. The van der Waals surface area contributed by atoms with Crippen LogP contribution in [0, 0.1) is 29.4 Å². The largest absolute Gasteiger partial charge is 0.486 e. The van der Waals surface area contributed by atoms with Crippen LogP contribution in [-0.4, -0.2) is 6.61 Å². The molecule has 2 aliphatic rings. The van der Waals surface area contributed by atoms with Crippen LogP contribution in [0.15, 0.2) is 36.9 Å². The van der Waals surface area contributed by atoms with Crippen molar-refractivity contribution in [1.82, 2.24) is 0 Å². The Morgan fingerprint density at radius 2 is 1.87 bits per heavy atom. The highest BCUT2D eigenvalue weighted by Crippen LogP contribution is 2.49. The molecule has 0 heterocycles. The first-order valence-corrected chi connectivity index (χ1v) is 11.8. The van der Waals surface area contributed by atoms with E-state index in [-0.39, 0.29) is 24.1 Å². The molecule has 0 bridgehead atoms. The molecule has 0 saturated heterocycles. The smallest absolute Gasteiger partial charge is 0.172 e. The van der Waals surface area contributed by atoms with E-state index >= 15 is 4.39 Å². The Balaban J connectivity index is 1.50. The van der Waals surface area contributed by atoms with E-state index in [2.05, 4.69) is 13.5 Å². The number of unbranched alkanes of at least 4 members (excludes halogenated alkanes) is 1. The number of hydrogen-bond donors (Lipinski definition) is 0. The van der Waals surface area contributed by atoms with Crippen molar-refractivity contribution >= 4 is 10.8 Å². The SMILES string of the molecule is C=CCOc1ccc2cc([C@@H]3CC[C@@H]4CC(CCCC)CCC4C3)c(F)cc2c1F. The first-order valence-electron chi connectivity index (χ1n) is 11.8. The molecule has 0 amide bonds. The summed E-state index contributed by atoms with van der Waals surface area (Å²) in [7, 11) is 0. The van der Waals surface area contributed by atoms with Gasteiger partial charge in [0.25, 0.3) is 0 Å². The van der Waals surface area contributed by atoms with Gasteiger partial charge in [-0.25, -0.2) is 8.78 Å². The first kappa shape index (κ1) is 21.3. The van der Waals surface area contributed by atoms with Gasteiger partial charge in [-0.15, -0.1) is 0 Å². The van der Waals surface area contributed by atoms with Gasteiger partial charge in [0.05, 0.1) is 0 Å². The molecular formula is C27H34F2O. The minimum atomic E-state index is -0.492. The minimum absolute atomic E-state index is 0.148. The van der Waals surface area contributed by atoms with Gasteiger partial charge in [0.15, 0.2) is 11.6 Å². The monoisotopic (exact) mass is 412 g/mol. The van der Waals surface area contributed by atoms with E-state index in [1.165, 1.54) is 51.0 Å². The van der Waals surface area contributed by atoms with E-state index in [4.69, 9.17) is 4.74 Å². The summed E-state index contributed by atoms with van der Waals surface area (Å²) in [6, 6.07) is 6.72. The Morgan fingerprint density at radius 3 is 2.67 bits per heavy atom. The molecule has 0 aromatic heterocycles. The summed E-state index contributed by atoms with van der Waals surface area (Å²) in [5, 5.41) is 1.04. The number of fused-ring (bicyclic) bond motifs is 2. The molecule has 2 aromatic rings. The van der Waals surface area contributed by atoms with Crippen molar-refractivity contribution < 1.29 is 13.5 Å². The number of ether oxygens (including phenoxy) is 1. The van der Waals surface area contributed by atoms with Gasteiger partial charge in [-0.05, 0) is 84.9 Å². The summed E-state index contributed by atoms with van der Waals surface area (Å²) < 4.78 is 35.2. The molecule has 162 valence electrons. The van der Waals surface area contributed by atoms with Crippen LogP contribution >= 0.6 is 0 Å². The van der Waals surface area contributed by atoms with Crippen molar-refractivity contribution in [3.8, 4) is 5.75 Å². The lowest BCUT2D eigenvalue weighted by atomic mass is 9.63. The van der Waals surface area contributed by atoms with Gasteiger partial charge in [-0.2, -0.15) is 0 Å². The highest BCUT2D eigenvalue weighted by molar-refractivity contribution is 5.85. The Labute approximate surface area is 179 Å². The van der Waals surface area contributed by atoms with Crippen molar-refractivity contribution in [3.05, 3.63) is 54.1 Å². The average Bonchev–Trinajstić information content (AvgIpc) is 2.77. The van der Waals surface area contributed by atoms with Crippen LogP contribution in [-0.2, 0) is 0 Å². The fourth-order valence-corrected chi connectivity index (χ4v) is 5.90. The van der Waals surface area contributed by atoms with E-state index in [1.54, 1.807) is 12.1 Å². The van der Waals surface area contributed by atoms with Crippen LogP contribution in [0.3, 0.4) is 0 Å². The third-order valence-electron chi connectivity index (χ3n) is 7.52. The molecule has 4 rings (SSSR count). The quantitative estimate of drug-likeness (QED) is 0.417. The number of hydrogen-bond acceptors (Lipinski definition) is 1. The first-order chi connectivity index (χ1) is 14.6. The van der Waals surface area contributed by atoms with Crippen molar-refractivity contribution in [2.45, 2.75) is 70.6 Å². The number of rotatable bonds is 7. The summed E-state index contributed by atoms with van der Waals surface area (Å²) >= 11 is 0. The van der Waals surface area contributed by atoms with Gasteiger partial charge in [-0.1, -0.05) is 51.3 Å². The van der Waals surface area contributed by atoms with Crippen molar-refractivity contribution in [3.63, 3.8) is 0 Å². The fourth-order valence-electron chi connectivity index (χ4n) is 5.90. The topological polar surface area (TPSA) is 9.23 Å². The zero-order chi connectivity index (χ0) is 21.1. The van der Waals surface area contributed by atoms with Crippen LogP contribution in [0.25, 0.3) is 10.8 Å². The highest BCUT2D eigenvalue weighted by atomic mass is 19.1. The molecule has 2 aromatic carbocycles. The lowest BCUT2D eigenvalue weighted by Crippen LogP contribution is -2.30. The lowest BCUT2D eigenvalue weighted by Gasteiger charge is -2.42. The van der Waals surface area contributed by atoms with E-state index in [9.17, 15) is 4.39 Å². The van der Waals surface area contributed by atoms with E-state index in [0.29, 0.717) is 5.39 Å². The molecule has 0 spiro atoms. The molecule has 3 heteroatoms. The van der Waals surface area contributed by atoms with Crippen LogP contribution in [0.5, 0.6) is 5.75 Å². The van der Waals surface area contributed by atoms with Crippen LogP contribution in [0.2, 0.25) is 0 Å². The molecular weight excluding hydrogens is 378 g/mol. The average molecular weight is 413 g/mol.